The molecule has 0 bridgehead atoms. The molecule has 0 aliphatic carbocycles. The summed E-state index contributed by atoms with van der Waals surface area (Å²) in [5, 5.41) is 3.40. The molecule has 0 aromatic heterocycles. The Hall–Kier alpha value is -0.160. The summed E-state index contributed by atoms with van der Waals surface area (Å²) in [6.45, 7) is 5.74. The van der Waals surface area contributed by atoms with E-state index in [1.807, 2.05) is 0 Å². The second kappa shape index (κ2) is 8.93. The van der Waals surface area contributed by atoms with E-state index in [1.54, 1.807) is 0 Å². The molecule has 0 aromatic carbocycles. The molecule has 1 aliphatic heterocycles. The molecule has 4 heteroatoms. The van der Waals surface area contributed by atoms with Gasteiger partial charge in [0.15, 0.2) is 0 Å². The first-order valence-corrected chi connectivity index (χ1v) is 6.34. The van der Waals surface area contributed by atoms with Gasteiger partial charge in [0.2, 0.25) is 0 Å². The van der Waals surface area contributed by atoms with E-state index in [-0.39, 0.29) is 0 Å². The Labute approximate surface area is 99.3 Å². The van der Waals surface area contributed by atoms with Crippen LogP contribution >= 0.6 is 0 Å². The second-order valence-corrected chi connectivity index (χ2v) is 4.59. The van der Waals surface area contributed by atoms with E-state index in [0.29, 0.717) is 6.10 Å². The summed E-state index contributed by atoms with van der Waals surface area (Å²) in [7, 11) is 4.21. The largest absolute Gasteiger partial charge is 0.381 e. The first kappa shape index (κ1) is 13.9. The Kier molecular flexibility index (Phi) is 7.76. The topological polar surface area (TPSA) is 33.7 Å². The zero-order valence-corrected chi connectivity index (χ0v) is 10.7. The van der Waals surface area contributed by atoms with Gasteiger partial charge in [-0.2, -0.15) is 0 Å². The summed E-state index contributed by atoms with van der Waals surface area (Å²) in [5.74, 6) is 0. The van der Waals surface area contributed by atoms with E-state index < -0.39 is 0 Å². The molecule has 1 N–H and O–H groups in total. The SMILES string of the molecule is CN(C)CCCNCCOC1CCOCC1. The van der Waals surface area contributed by atoms with Crippen molar-refractivity contribution in [3.05, 3.63) is 0 Å². The van der Waals surface area contributed by atoms with E-state index in [2.05, 4.69) is 24.3 Å². The van der Waals surface area contributed by atoms with Crippen molar-refractivity contribution in [2.75, 3.05) is 53.6 Å². The number of nitrogens with one attached hydrogen (secondary N) is 1. The molecule has 0 atom stereocenters. The highest BCUT2D eigenvalue weighted by Gasteiger charge is 2.13. The Morgan fingerprint density at radius 2 is 2.00 bits per heavy atom. The van der Waals surface area contributed by atoms with E-state index >= 15 is 0 Å². The fraction of sp³-hybridized carbons (Fsp3) is 1.00. The van der Waals surface area contributed by atoms with E-state index in [1.165, 1.54) is 6.42 Å². The van der Waals surface area contributed by atoms with Crippen LogP contribution in [0.5, 0.6) is 0 Å². The van der Waals surface area contributed by atoms with Crippen LogP contribution in [-0.2, 0) is 9.47 Å². The standard InChI is InChI=1S/C12H26N2O2/c1-14(2)8-3-6-13-7-11-16-12-4-9-15-10-5-12/h12-13H,3-11H2,1-2H3. The molecule has 0 saturated carbocycles. The lowest BCUT2D eigenvalue weighted by molar-refractivity contribution is -0.0304. The molecule has 0 amide bonds. The Morgan fingerprint density at radius 1 is 1.25 bits per heavy atom. The highest BCUT2D eigenvalue weighted by molar-refractivity contribution is 4.62. The lowest BCUT2D eigenvalue weighted by Gasteiger charge is -2.22. The highest BCUT2D eigenvalue weighted by Crippen LogP contribution is 2.09. The molecular formula is C12H26N2O2. The van der Waals surface area contributed by atoms with Crippen molar-refractivity contribution in [3.63, 3.8) is 0 Å². The molecule has 1 rings (SSSR count). The lowest BCUT2D eigenvalue weighted by Crippen LogP contribution is -2.28. The molecule has 0 spiro atoms. The van der Waals surface area contributed by atoms with Crippen molar-refractivity contribution in [3.8, 4) is 0 Å². The summed E-state index contributed by atoms with van der Waals surface area (Å²) >= 11 is 0. The molecule has 1 heterocycles. The van der Waals surface area contributed by atoms with Crippen molar-refractivity contribution >= 4 is 0 Å². The van der Waals surface area contributed by atoms with Crippen molar-refractivity contribution in [2.45, 2.75) is 25.4 Å². The van der Waals surface area contributed by atoms with Gasteiger partial charge in [-0.3, -0.25) is 0 Å². The molecule has 4 nitrogen and oxygen atoms in total. The van der Waals surface area contributed by atoms with Crippen LogP contribution in [0.3, 0.4) is 0 Å². The van der Waals surface area contributed by atoms with E-state index in [0.717, 1.165) is 52.3 Å². The number of hydrogen-bond donors (Lipinski definition) is 1. The average molecular weight is 230 g/mol. The summed E-state index contributed by atoms with van der Waals surface area (Å²) < 4.78 is 11.0. The van der Waals surface area contributed by atoms with Gasteiger partial charge in [-0.15, -0.1) is 0 Å². The number of hydrogen-bond acceptors (Lipinski definition) is 4. The van der Waals surface area contributed by atoms with Gasteiger partial charge >= 0.3 is 0 Å². The quantitative estimate of drug-likeness (QED) is 0.623. The lowest BCUT2D eigenvalue weighted by atomic mass is 10.2. The summed E-state index contributed by atoms with van der Waals surface area (Å²) in [4.78, 5) is 2.21. The highest BCUT2D eigenvalue weighted by atomic mass is 16.5. The van der Waals surface area contributed by atoms with Crippen LogP contribution in [0.1, 0.15) is 19.3 Å². The maximum Gasteiger partial charge on any atom is 0.0619 e. The Balaban J connectivity index is 1.80. The van der Waals surface area contributed by atoms with Gasteiger partial charge in [0, 0.05) is 19.8 Å². The fourth-order valence-electron chi connectivity index (χ4n) is 1.79. The number of nitrogens with zero attached hydrogens (tertiary/aromatic N) is 1. The van der Waals surface area contributed by atoms with Crippen molar-refractivity contribution in [2.24, 2.45) is 0 Å². The molecule has 0 aromatic rings. The number of rotatable bonds is 8. The molecule has 16 heavy (non-hydrogen) atoms. The van der Waals surface area contributed by atoms with Gasteiger partial charge in [0.1, 0.15) is 0 Å². The van der Waals surface area contributed by atoms with Crippen LogP contribution in [0.2, 0.25) is 0 Å². The first-order valence-electron chi connectivity index (χ1n) is 6.34. The summed E-state index contributed by atoms with van der Waals surface area (Å²) in [6, 6.07) is 0. The van der Waals surface area contributed by atoms with Crippen LogP contribution in [-0.4, -0.2) is 64.6 Å². The minimum Gasteiger partial charge on any atom is -0.381 e. The second-order valence-electron chi connectivity index (χ2n) is 4.59. The normalized spacial score (nSPS) is 18.2. The van der Waals surface area contributed by atoms with Gasteiger partial charge < -0.3 is 19.7 Å². The van der Waals surface area contributed by atoms with Crippen molar-refractivity contribution in [1.29, 1.82) is 0 Å². The zero-order valence-electron chi connectivity index (χ0n) is 10.7. The molecular weight excluding hydrogens is 204 g/mol. The summed E-state index contributed by atoms with van der Waals surface area (Å²) in [5.41, 5.74) is 0. The van der Waals surface area contributed by atoms with Crippen LogP contribution in [0.4, 0.5) is 0 Å². The molecule has 0 unspecified atom stereocenters. The van der Waals surface area contributed by atoms with Gasteiger partial charge in [-0.25, -0.2) is 0 Å². The average Bonchev–Trinajstić information content (AvgIpc) is 2.29. The summed E-state index contributed by atoms with van der Waals surface area (Å²) in [6.07, 6.45) is 3.74. The van der Waals surface area contributed by atoms with Crippen LogP contribution in [0, 0.1) is 0 Å². The van der Waals surface area contributed by atoms with E-state index in [9.17, 15) is 0 Å². The Bertz CT molecular complexity index is 159. The van der Waals surface area contributed by atoms with Gasteiger partial charge in [0.05, 0.1) is 12.7 Å². The smallest absolute Gasteiger partial charge is 0.0619 e. The minimum absolute atomic E-state index is 0.428. The predicted molar refractivity (Wildman–Crippen MR) is 65.8 cm³/mol. The third kappa shape index (κ3) is 7.17. The van der Waals surface area contributed by atoms with Crippen LogP contribution < -0.4 is 5.32 Å². The Morgan fingerprint density at radius 3 is 2.69 bits per heavy atom. The minimum atomic E-state index is 0.428. The first-order chi connectivity index (χ1) is 7.79. The molecule has 1 saturated heterocycles. The van der Waals surface area contributed by atoms with Gasteiger partial charge in [-0.1, -0.05) is 0 Å². The third-order valence-electron chi connectivity index (χ3n) is 2.76. The molecule has 96 valence electrons. The zero-order chi connectivity index (χ0) is 11.6. The fourth-order valence-corrected chi connectivity index (χ4v) is 1.79. The number of ether oxygens (including phenoxy) is 2. The van der Waals surface area contributed by atoms with Gasteiger partial charge in [0.25, 0.3) is 0 Å². The van der Waals surface area contributed by atoms with Crippen molar-refractivity contribution < 1.29 is 9.47 Å². The predicted octanol–water partition coefficient (Wildman–Crippen LogP) is 0.723. The molecule has 1 fully saturated rings. The maximum atomic E-state index is 5.76. The van der Waals surface area contributed by atoms with Crippen molar-refractivity contribution in [1.82, 2.24) is 10.2 Å². The van der Waals surface area contributed by atoms with Gasteiger partial charge in [-0.05, 0) is 46.4 Å². The van der Waals surface area contributed by atoms with E-state index in [4.69, 9.17) is 9.47 Å². The monoisotopic (exact) mass is 230 g/mol. The van der Waals surface area contributed by atoms with Crippen LogP contribution in [0.25, 0.3) is 0 Å². The molecule has 1 aliphatic rings. The van der Waals surface area contributed by atoms with Crippen LogP contribution in [0.15, 0.2) is 0 Å². The third-order valence-corrected chi connectivity index (χ3v) is 2.76. The maximum absolute atomic E-state index is 5.76. The molecule has 0 radical (unpaired) electrons.